The Morgan fingerprint density at radius 1 is 0.765 bits per heavy atom. The highest BCUT2D eigenvalue weighted by molar-refractivity contribution is 5.87. The second-order valence-electron chi connectivity index (χ2n) is 10.1. The van der Waals surface area contributed by atoms with E-state index in [0.29, 0.717) is 5.92 Å². The number of allylic oxidation sites excluding steroid dienone is 10. The molecule has 0 fully saturated rings. The molecule has 0 saturated carbocycles. The molecule has 0 nitrogen and oxygen atoms in total. The lowest BCUT2D eigenvalue weighted by Gasteiger charge is -2.30. The molecule has 1 unspecified atom stereocenters. The van der Waals surface area contributed by atoms with Gasteiger partial charge in [-0.05, 0) is 45.4 Å². The molecule has 0 aromatic heterocycles. The predicted molar refractivity (Wildman–Crippen MR) is 144 cm³/mol. The normalized spacial score (nSPS) is 18.7. The molecule has 0 N–H and O–H groups in total. The van der Waals surface area contributed by atoms with Crippen molar-refractivity contribution in [2.75, 3.05) is 0 Å². The van der Waals surface area contributed by atoms with Gasteiger partial charge in [-0.25, -0.2) is 0 Å². The summed E-state index contributed by atoms with van der Waals surface area (Å²) in [6.45, 7) is 4.82. The number of hydrogen-bond donors (Lipinski definition) is 0. The SMILES string of the molecule is CC(C)(C1=CCC(C(c2ccccc2)c2ccccc2)=C1)C1=C2C=CC=CC2c2ccccc21. The van der Waals surface area contributed by atoms with Gasteiger partial charge in [0.25, 0.3) is 0 Å². The largest absolute Gasteiger partial charge is 0.0763 e. The van der Waals surface area contributed by atoms with Crippen LogP contribution in [0.1, 0.15) is 54.4 Å². The third-order valence-corrected chi connectivity index (χ3v) is 7.76. The zero-order valence-corrected chi connectivity index (χ0v) is 19.9. The van der Waals surface area contributed by atoms with Gasteiger partial charge in [-0.2, -0.15) is 0 Å². The van der Waals surface area contributed by atoms with E-state index >= 15 is 0 Å². The van der Waals surface area contributed by atoms with Crippen LogP contribution >= 0.6 is 0 Å². The van der Waals surface area contributed by atoms with Crippen molar-refractivity contribution in [1.29, 1.82) is 0 Å². The van der Waals surface area contributed by atoms with E-state index in [1.54, 1.807) is 0 Å². The molecule has 0 radical (unpaired) electrons. The quantitative estimate of drug-likeness (QED) is 0.373. The minimum atomic E-state index is -0.0740. The van der Waals surface area contributed by atoms with Crippen molar-refractivity contribution >= 4 is 5.57 Å². The highest BCUT2D eigenvalue weighted by Gasteiger charge is 2.39. The molecule has 34 heavy (non-hydrogen) atoms. The highest BCUT2D eigenvalue weighted by atomic mass is 14.4. The first-order valence-corrected chi connectivity index (χ1v) is 12.3. The van der Waals surface area contributed by atoms with Gasteiger partial charge in [0.2, 0.25) is 0 Å². The molecule has 3 aromatic rings. The summed E-state index contributed by atoms with van der Waals surface area (Å²) in [7, 11) is 0. The summed E-state index contributed by atoms with van der Waals surface area (Å²) in [5.41, 5.74) is 11.3. The van der Waals surface area contributed by atoms with Crippen molar-refractivity contribution in [2.24, 2.45) is 5.41 Å². The van der Waals surface area contributed by atoms with Gasteiger partial charge in [0.05, 0.1) is 0 Å². The number of rotatable bonds is 5. The van der Waals surface area contributed by atoms with Gasteiger partial charge in [-0.3, -0.25) is 0 Å². The first kappa shape index (κ1) is 20.9. The molecular weight excluding hydrogens is 408 g/mol. The van der Waals surface area contributed by atoms with Gasteiger partial charge < -0.3 is 0 Å². The van der Waals surface area contributed by atoms with E-state index in [1.807, 2.05) is 0 Å². The lowest BCUT2D eigenvalue weighted by molar-refractivity contribution is 0.617. The summed E-state index contributed by atoms with van der Waals surface area (Å²) in [6.07, 6.45) is 15.0. The second kappa shape index (κ2) is 8.29. The maximum absolute atomic E-state index is 2.50. The third-order valence-electron chi connectivity index (χ3n) is 7.76. The van der Waals surface area contributed by atoms with E-state index in [4.69, 9.17) is 0 Å². The highest BCUT2D eigenvalue weighted by Crippen LogP contribution is 2.55. The van der Waals surface area contributed by atoms with Crippen LogP contribution in [0.3, 0.4) is 0 Å². The summed E-state index contributed by atoms with van der Waals surface area (Å²) in [5, 5.41) is 0. The van der Waals surface area contributed by atoms with E-state index in [9.17, 15) is 0 Å². The predicted octanol–water partition coefficient (Wildman–Crippen LogP) is 8.78. The van der Waals surface area contributed by atoms with Crippen molar-refractivity contribution in [1.82, 2.24) is 0 Å². The number of benzene rings is 3. The van der Waals surface area contributed by atoms with Crippen molar-refractivity contribution < 1.29 is 0 Å². The van der Waals surface area contributed by atoms with Gasteiger partial charge >= 0.3 is 0 Å². The van der Waals surface area contributed by atoms with Crippen LogP contribution in [0.2, 0.25) is 0 Å². The summed E-state index contributed by atoms with van der Waals surface area (Å²) in [5.74, 6) is 0.660. The first-order chi connectivity index (χ1) is 16.6. The zero-order chi connectivity index (χ0) is 23.1. The van der Waals surface area contributed by atoms with Crippen molar-refractivity contribution in [3.63, 3.8) is 0 Å². The molecule has 0 amide bonds. The average molecular weight is 439 g/mol. The van der Waals surface area contributed by atoms with E-state index in [0.717, 1.165) is 6.42 Å². The third kappa shape index (κ3) is 3.37. The van der Waals surface area contributed by atoms with Gasteiger partial charge in [0.1, 0.15) is 0 Å². The molecule has 0 heteroatoms. The fourth-order valence-corrected chi connectivity index (χ4v) is 6.14. The lowest BCUT2D eigenvalue weighted by atomic mass is 9.73. The van der Waals surface area contributed by atoms with E-state index in [2.05, 4.69) is 135 Å². The molecular formula is C34H30. The summed E-state index contributed by atoms with van der Waals surface area (Å²) in [6, 6.07) is 30.9. The molecule has 0 bridgehead atoms. The molecule has 1 atom stereocenters. The average Bonchev–Trinajstić information content (AvgIpc) is 3.50. The first-order valence-electron chi connectivity index (χ1n) is 12.3. The molecule has 0 saturated heterocycles. The molecule has 6 rings (SSSR count). The fraction of sp³-hybridized carbons (Fsp3) is 0.176. The van der Waals surface area contributed by atoms with Crippen LogP contribution in [0, 0.1) is 5.41 Å². The molecule has 3 aliphatic carbocycles. The standard InChI is InChI=1S/C34H30/c1-34(2,33-30-19-11-9-17-28(30)29-18-10-12-20-31(29)33)27-22-21-26(23-27)32(24-13-5-3-6-14-24)25-15-7-4-8-16-25/h3-20,22-23,28,32H,21H2,1-2H3. The Morgan fingerprint density at radius 3 is 2.12 bits per heavy atom. The van der Waals surface area contributed by atoms with Crippen LogP contribution in [0.4, 0.5) is 0 Å². The topological polar surface area (TPSA) is 0 Å². The summed E-state index contributed by atoms with van der Waals surface area (Å²) in [4.78, 5) is 0. The van der Waals surface area contributed by atoms with Gasteiger partial charge in [-0.1, -0.05) is 141 Å². The van der Waals surface area contributed by atoms with E-state index in [-0.39, 0.29) is 11.3 Å². The fourth-order valence-electron chi connectivity index (χ4n) is 6.14. The maximum Gasteiger partial charge on any atom is 0.0305 e. The Bertz CT molecular complexity index is 1330. The Morgan fingerprint density at radius 2 is 1.41 bits per heavy atom. The molecule has 3 aliphatic rings. The van der Waals surface area contributed by atoms with Gasteiger partial charge in [0, 0.05) is 17.3 Å². The monoisotopic (exact) mass is 438 g/mol. The van der Waals surface area contributed by atoms with Crippen molar-refractivity contribution in [2.45, 2.75) is 32.1 Å². The molecule has 0 heterocycles. The molecule has 166 valence electrons. The van der Waals surface area contributed by atoms with Gasteiger partial charge in [-0.15, -0.1) is 0 Å². The zero-order valence-electron chi connectivity index (χ0n) is 19.9. The second-order valence-corrected chi connectivity index (χ2v) is 10.1. The van der Waals surface area contributed by atoms with Crippen LogP contribution in [-0.4, -0.2) is 0 Å². The smallest absolute Gasteiger partial charge is 0.0305 e. The summed E-state index contributed by atoms with van der Waals surface area (Å²) < 4.78 is 0. The van der Waals surface area contributed by atoms with Crippen molar-refractivity contribution in [3.05, 3.63) is 160 Å². The van der Waals surface area contributed by atoms with E-state index in [1.165, 1.54) is 44.5 Å². The Kier molecular flexibility index (Phi) is 5.11. The Hall–Kier alpha value is -3.64. The molecule has 0 spiro atoms. The minimum Gasteiger partial charge on any atom is -0.0763 e. The lowest BCUT2D eigenvalue weighted by Crippen LogP contribution is -2.16. The molecule has 3 aromatic carbocycles. The Balaban J connectivity index is 1.43. The van der Waals surface area contributed by atoms with Crippen LogP contribution < -0.4 is 0 Å². The molecule has 0 aliphatic heterocycles. The van der Waals surface area contributed by atoms with Crippen LogP contribution in [0.15, 0.2) is 138 Å². The van der Waals surface area contributed by atoms with E-state index < -0.39 is 0 Å². The van der Waals surface area contributed by atoms with Crippen LogP contribution in [0.5, 0.6) is 0 Å². The van der Waals surface area contributed by atoms with Crippen LogP contribution in [-0.2, 0) is 0 Å². The van der Waals surface area contributed by atoms with Crippen LogP contribution in [0.25, 0.3) is 5.57 Å². The van der Waals surface area contributed by atoms with Gasteiger partial charge in [0.15, 0.2) is 0 Å². The summed E-state index contributed by atoms with van der Waals surface area (Å²) >= 11 is 0. The number of hydrogen-bond acceptors (Lipinski definition) is 0. The Labute approximate surface area is 203 Å². The minimum absolute atomic E-state index is 0.0740. The van der Waals surface area contributed by atoms with Crippen molar-refractivity contribution in [3.8, 4) is 0 Å². The number of fused-ring (bicyclic) bond motifs is 3. The maximum atomic E-state index is 2.50.